The quantitative estimate of drug-likeness (QED) is 0.864. The molecule has 0 aliphatic rings. The van der Waals surface area contributed by atoms with Gasteiger partial charge in [0.05, 0.1) is 6.04 Å². The first-order valence-electron chi connectivity index (χ1n) is 5.46. The topological polar surface area (TPSA) is 26.0 Å². The van der Waals surface area contributed by atoms with Crippen LogP contribution in [0.1, 0.15) is 22.7 Å². The van der Waals surface area contributed by atoms with Gasteiger partial charge in [0.2, 0.25) is 0 Å². The van der Waals surface area contributed by atoms with Crippen LogP contribution in [0.25, 0.3) is 0 Å². The molecule has 2 aromatic rings. The monoisotopic (exact) mass is 283 g/mol. The third kappa shape index (κ3) is 2.51. The Balaban J connectivity index is 2.48. The summed E-state index contributed by atoms with van der Waals surface area (Å²) >= 11 is 12.2. The minimum Gasteiger partial charge on any atom is -0.320 e. The molecule has 0 heterocycles. The number of rotatable bonds is 2. The largest absolute Gasteiger partial charge is 0.320 e. The van der Waals surface area contributed by atoms with Gasteiger partial charge in [-0.3, -0.25) is 0 Å². The fourth-order valence-electron chi connectivity index (χ4n) is 1.84. The molecule has 1 atom stereocenters. The van der Waals surface area contributed by atoms with E-state index in [9.17, 15) is 4.39 Å². The Bertz CT molecular complexity index is 564. The van der Waals surface area contributed by atoms with E-state index in [1.54, 1.807) is 37.3 Å². The second-order valence-corrected chi connectivity index (χ2v) is 4.94. The normalized spacial score (nSPS) is 12.5. The van der Waals surface area contributed by atoms with Crippen LogP contribution in [0.5, 0.6) is 0 Å². The highest BCUT2D eigenvalue weighted by Gasteiger charge is 2.16. The molecule has 18 heavy (non-hydrogen) atoms. The highest BCUT2D eigenvalue weighted by atomic mass is 35.5. The highest BCUT2D eigenvalue weighted by molar-refractivity contribution is 6.36. The van der Waals surface area contributed by atoms with Crippen LogP contribution in [0.15, 0.2) is 36.4 Å². The Morgan fingerprint density at radius 2 is 1.72 bits per heavy atom. The van der Waals surface area contributed by atoms with Gasteiger partial charge in [-0.1, -0.05) is 41.4 Å². The Hall–Kier alpha value is -1.09. The maximum Gasteiger partial charge on any atom is 0.126 e. The Morgan fingerprint density at radius 1 is 1.11 bits per heavy atom. The molecule has 0 spiro atoms. The lowest BCUT2D eigenvalue weighted by molar-refractivity contribution is 0.617. The predicted molar refractivity (Wildman–Crippen MR) is 73.6 cm³/mol. The summed E-state index contributed by atoms with van der Waals surface area (Å²) in [5.41, 5.74) is 8.13. The van der Waals surface area contributed by atoms with Crippen molar-refractivity contribution in [1.82, 2.24) is 0 Å². The zero-order valence-electron chi connectivity index (χ0n) is 9.75. The van der Waals surface area contributed by atoms with E-state index in [0.29, 0.717) is 21.2 Å². The lowest BCUT2D eigenvalue weighted by Crippen LogP contribution is -2.13. The van der Waals surface area contributed by atoms with Gasteiger partial charge in [-0.15, -0.1) is 0 Å². The molecule has 2 aromatic carbocycles. The minimum absolute atomic E-state index is 0.254. The number of hydrogen-bond donors (Lipinski definition) is 1. The number of halogens is 3. The molecule has 1 nitrogen and oxygen atoms in total. The maximum absolute atomic E-state index is 13.2. The standard InChI is InChI=1S/C14H12Cl2FN/c1-8-7-9(5-6-12(8)17)14(18)13-10(15)3-2-4-11(13)16/h2-7,14H,18H2,1H3. The molecule has 0 saturated heterocycles. The van der Waals surface area contributed by atoms with Gasteiger partial charge in [0.25, 0.3) is 0 Å². The molecule has 94 valence electrons. The smallest absolute Gasteiger partial charge is 0.126 e. The Morgan fingerprint density at radius 3 is 2.28 bits per heavy atom. The summed E-state index contributed by atoms with van der Waals surface area (Å²) in [6.07, 6.45) is 0. The summed E-state index contributed by atoms with van der Waals surface area (Å²) in [7, 11) is 0. The van der Waals surface area contributed by atoms with Crippen LogP contribution in [0, 0.1) is 12.7 Å². The van der Waals surface area contributed by atoms with Crippen molar-refractivity contribution >= 4 is 23.2 Å². The third-order valence-corrected chi connectivity index (χ3v) is 3.51. The van der Waals surface area contributed by atoms with E-state index in [1.165, 1.54) is 6.07 Å². The zero-order chi connectivity index (χ0) is 13.3. The van der Waals surface area contributed by atoms with Gasteiger partial charge in [0.15, 0.2) is 0 Å². The van der Waals surface area contributed by atoms with Crippen LogP contribution in [0.2, 0.25) is 10.0 Å². The summed E-state index contributed by atoms with van der Waals surface area (Å²) < 4.78 is 13.2. The summed E-state index contributed by atoms with van der Waals surface area (Å²) in [4.78, 5) is 0. The molecule has 0 radical (unpaired) electrons. The summed E-state index contributed by atoms with van der Waals surface area (Å²) in [6.45, 7) is 1.69. The molecule has 0 aromatic heterocycles. The van der Waals surface area contributed by atoms with Gasteiger partial charge in [0.1, 0.15) is 5.82 Å². The van der Waals surface area contributed by atoms with E-state index in [0.717, 1.165) is 5.56 Å². The molecule has 2 rings (SSSR count). The molecule has 0 saturated carbocycles. The highest BCUT2D eigenvalue weighted by Crippen LogP contribution is 2.32. The summed E-state index contributed by atoms with van der Waals surface area (Å²) in [5, 5.41) is 1.02. The van der Waals surface area contributed by atoms with Crippen LogP contribution in [-0.4, -0.2) is 0 Å². The first-order chi connectivity index (χ1) is 8.50. The molecular weight excluding hydrogens is 272 g/mol. The van der Waals surface area contributed by atoms with Crippen LogP contribution in [0.3, 0.4) is 0 Å². The van der Waals surface area contributed by atoms with Crippen LogP contribution in [0.4, 0.5) is 4.39 Å². The SMILES string of the molecule is Cc1cc(C(N)c2c(Cl)cccc2Cl)ccc1F. The fraction of sp³-hybridized carbons (Fsp3) is 0.143. The van der Waals surface area contributed by atoms with E-state index >= 15 is 0 Å². The molecule has 0 aliphatic carbocycles. The minimum atomic E-state index is -0.467. The molecule has 0 aliphatic heterocycles. The molecule has 0 bridgehead atoms. The average Bonchev–Trinajstić information content (AvgIpc) is 2.32. The molecular formula is C14H12Cl2FN. The average molecular weight is 284 g/mol. The van der Waals surface area contributed by atoms with Crippen LogP contribution in [-0.2, 0) is 0 Å². The van der Waals surface area contributed by atoms with Crippen molar-refractivity contribution in [2.75, 3.05) is 0 Å². The van der Waals surface area contributed by atoms with Crippen molar-refractivity contribution in [2.45, 2.75) is 13.0 Å². The summed E-state index contributed by atoms with van der Waals surface area (Å²) in [5.74, 6) is -0.254. The van der Waals surface area contributed by atoms with Gasteiger partial charge >= 0.3 is 0 Å². The first-order valence-corrected chi connectivity index (χ1v) is 6.22. The van der Waals surface area contributed by atoms with Crippen molar-refractivity contribution in [3.63, 3.8) is 0 Å². The van der Waals surface area contributed by atoms with E-state index in [-0.39, 0.29) is 5.82 Å². The van der Waals surface area contributed by atoms with Crippen molar-refractivity contribution in [1.29, 1.82) is 0 Å². The number of hydrogen-bond acceptors (Lipinski definition) is 1. The van der Waals surface area contributed by atoms with E-state index in [2.05, 4.69) is 0 Å². The molecule has 0 amide bonds. The predicted octanol–water partition coefficient (Wildman–Crippen LogP) is 4.49. The van der Waals surface area contributed by atoms with Crippen molar-refractivity contribution in [3.05, 3.63) is 69.0 Å². The number of benzene rings is 2. The van der Waals surface area contributed by atoms with Crippen molar-refractivity contribution in [2.24, 2.45) is 5.73 Å². The van der Waals surface area contributed by atoms with E-state index in [1.807, 2.05) is 0 Å². The zero-order valence-corrected chi connectivity index (χ0v) is 11.3. The van der Waals surface area contributed by atoms with E-state index in [4.69, 9.17) is 28.9 Å². The number of aryl methyl sites for hydroxylation is 1. The number of nitrogens with two attached hydrogens (primary N) is 1. The van der Waals surface area contributed by atoms with Gasteiger partial charge < -0.3 is 5.73 Å². The van der Waals surface area contributed by atoms with Crippen molar-refractivity contribution in [3.8, 4) is 0 Å². The summed E-state index contributed by atoms with van der Waals surface area (Å²) in [6, 6.07) is 9.52. The van der Waals surface area contributed by atoms with Gasteiger partial charge in [-0.2, -0.15) is 0 Å². The lowest BCUT2D eigenvalue weighted by Gasteiger charge is -2.16. The maximum atomic E-state index is 13.2. The van der Waals surface area contributed by atoms with Crippen LogP contribution >= 0.6 is 23.2 Å². The molecule has 0 fully saturated rings. The Kier molecular flexibility index (Phi) is 3.91. The van der Waals surface area contributed by atoms with Crippen LogP contribution < -0.4 is 5.73 Å². The second kappa shape index (κ2) is 5.27. The van der Waals surface area contributed by atoms with E-state index < -0.39 is 6.04 Å². The Labute approximate surface area is 115 Å². The first kappa shape index (κ1) is 13.3. The molecule has 2 N–H and O–H groups in total. The lowest BCUT2D eigenvalue weighted by atomic mass is 9.98. The van der Waals surface area contributed by atoms with Gasteiger partial charge in [-0.25, -0.2) is 4.39 Å². The third-order valence-electron chi connectivity index (χ3n) is 2.85. The molecule has 1 unspecified atom stereocenters. The van der Waals surface area contributed by atoms with Crippen molar-refractivity contribution < 1.29 is 4.39 Å². The second-order valence-electron chi connectivity index (χ2n) is 4.12. The van der Waals surface area contributed by atoms with Gasteiger partial charge in [-0.05, 0) is 36.2 Å². The fourth-order valence-corrected chi connectivity index (χ4v) is 2.47. The molecule has 4 heteroatoms. The van der Waals surface area contributed by atoms with Gasteiger partial charge in [0, 0.05) is 15.6 Å².